The number of hydrogen-bond acceptors (Lipinski definition) is 5. The summed E-state index contributed by atoms with van der Waals surface area (Å²) in [6.07, 6.45) is -0.842. The van der Waals surface area contributed by atoms with Crippen molar-refractivity contribution in [1.82, 2.24) is 10.0 Å². The molecule has 140 valence electrons. The minimum Gasteiger partial charge on any atom is -0.366 e. The predicted octanol–water partition coefficient (Wildman–Crippen LogP) is 0.968. The molecule has 1 aromatic rings. The van der Waals surface area contributed by atoms with Crippen molar-refractivity contribution >= 4 is 21.6 Å². The highest BCUT2D eigenvalue weighted by atomic mass is 32.2. The van der Waals surface area contributed by atoms with Gasteiger partial charge >= 0.3 is 0 Å². The number of morpholine rings is 1. The predicted molar refractivity (Wildman–Crippen MR) is 87.7 cm³/mol. The Morgan fingerprint density at radius 3 is 2.52 bits per heavy atom. The van der Waals surface area contributed by atoms with E-state index in [4.69, 9.17) is 4.74 Å². The minimum absolute atomic E-state index is 0.241. The maximum Gasteiger partial charge on any atom is 0.254 e. The number of hydrogen-bond donors (Lipinski definition) is 3. The van der Waals surface area contributed by atoms with Crippen LogP contribution < -0.4 is 15.4 Å². The van der Waals surface area contributed by atoms with Gasteiger partial charge in [0.1, 0.15) is 22.6 Å². The summed E-state index contributed by atoms with van der Waals surface area (Å²) in [4.78, 5) is 11.3. The summed E-state index contributed by atoms with van der Waals surface area (Å²) in [5.41, 5.74) is -1.29. The molecule has 0 aliphatic carbocycles. The number of sulfonamides is 1. The Balaban J connectivity index is 2.29. The van der Waals surface area contributed by atoms with Crippen LogP contribution in [0.25, 0.3) is 0 Å². The Morgan fingerprint density at radius 1 is 1.28 bits per heavy atom. The van der Waals surface area contributed by atoms with Crippen LogP contribution in [0.3, 0.4) is 0 Å². The first-order chi connectivity index (χ1) is 11.5. The molecule has 1 amide bonds. The molecule has 0 radical (unpaired) electrons. The molecule has 0 spiro atoms. The molecule has 1 saturated heterocycles. The molecular formula is C15H21F2N3O4S. The van der Waals surface area contributed by atoms with Gasteiger partial charge in [-0.25, -0.2) is 21.9 Å². The van der Waals surface area contributed by atoms with Crippen molar-refractivity contribution in [2.24, 2.45) is 0 Å². The standard InChI is InChI=1S/C15H21F2N3O4S/c1-15(2,3)20-25(22,23)13-7-11(9(16)6-10(13)17)19-14(21)12-8-18-4-5-24-12/h6-7,12,18,20H,4-5,8H2,1-3H3,(H,19,21). The summed E-state index contributed by atoms with van der Waals surface area (Å²) >= 11 is 0. The summed E-state index contributed by atoms with van der Waals surface area (Å²) in [5, 5.41) is 5.19. The second-order valence-corrected chi connectivity index (χ2v) is 8.32. The van der Waals surface area contributed by atoms with E-state index in [2.05, 4.69) is 15.4 Å². The first-order valence-corrected chi connectivity index (χ1v) is 9.14. The third-order valence-corrected chi connectivity index (χ3v) is 5.00. The van der Waals surface area contributed by atoms with Gasteiger partial charge < -0.3 is 15.4 Å². The fourth-order valence-electron chi connectivity index (χ4n) is 2.24. The highest BCUT2D eigenvalue weighted by Gasteiger charge is 2.28. The van der Waals surface area contributed by atoms with Gasteiger partial charge in [0.2, 0.25) is 10.0 Å². The number of nitrogens with one attached hydrogen (secondary N) is 3. The molecule has 1 aliphatic heterocycles. The maximum absolute atomic E-state index is 14.0. The number of halogens is 2. The van der Waals surface area contributed by atoms with Crippen molar-refractivity contribution in [2.75, 3.05) is 25.0 Å². The zero-order valence-corrected chi connectivity index (χ0v) is 15.0. The van der Waals surface area contributed by atoms with Crippen LogP contribution in [0.5, 0.6) is 0 Å². The molecular weight excluding hydrogens is 356 g/mol. The summed E-state index contributed by atoms with van der Waals surface area (Å²) in [6, 6.07) is 1.18. The second-order valence-electron chi connectivity index (χ2n) is 6.67. The Labute approximate surface area is 145 Å². The summed E-state index contributed by atoms with van der Waals surface area (Å²) in [5.74, 6) is -2.98. The van der Waals surface area contributed by atoms with Gasteiger partial charge in [-0.15, -0.1) is 0 Å². The molecule has 1 heterocycles. The molecule has 2 rings (SSSR count). The largest absolute Gasteiger partial charge is 0.366 e. The molecule has 7 nitrogen and oxygen atoms in total. The van der Waals surface area contributed by atoms with Gasteiger partial charge in [-0.1, -0.05) is 0 Å². The van der Waals surface area contributed by atoms with Crippen LogP contribution in [0.4, 0.5) is 14.5 Å². The number of carbonyl (C=O) groups is 1. The average Bonchev–Trinajstić information content (AvgIpc) is 2.48. The van der Waals surface area contributed by atoms with Gasteiger partial charge in [0.05, 0.1) is 12.3 Å². The molecule has 1 fully saturated rings. The van der Waals surface area contributed by atoms with Crippen molar-refractivity contribution < 1.29 is 26.7 Å². The lowest BCUT2D eigenvalue weighted by atomic mass is 10.1. The van der Waals surface area contributed by atoms with E-state index in [1.807, 2.05) is 0 Å². The highest BCUT2D eigenvalue weighted by Crippen LogP contribution is 2.24. The van der Waals surface area contributed by atoms with Gasteiger partial charge in [0.25, 0.3) is 5.91 Å². The summed E-state index contributed by atoms with van der Waals surface area (Å²) < 4.78 is 60.1. The Morgan fingerprint density at radius 2 is 1.96 bits per heavy atom. The normalized spacial score (nSPS) is 18.8. The number of benzene rings is 1. The van der Waals surface area contributed by atoms with Crippen molar-refractivity contribution in [2.45, 2.75) is 37.3 Å². The molecule has 1 atom stereocenters. The minimum atomic E-state index is -4.24. The van der Waals surface area contributed by atoms with E-state index in [0.717, 1.165) is 6.07 Å². The lowest BCUT2D eigenvalue weighted by Crippen LogP contribution is -2.45. The zero-order valence-electron chi connectivity index (χ0n) is 14.2. The molecule has 0 bridgehead atoms. The van der Waals surface area contributed by atoms with Gasteiger partial charge in [-0.05, 0) is 26.8 Å². The highest BCUT2D eigenvalue weighted by molar-refractivity contribution is 7.89. The smallest absolute Gasteiger partial charge is 0.254 e. The SMILES string of the molecule is CC(C)(C)NS(=O)(=O)c1cc(NC(=O)C2CNCCO2)c(F)cc1F. The van der Waals surface area contributed by atoms with Crippen LogP contribution in [0.1, 0.15) is 20.8 Å². The lowest BCUT2D eigenvalue weighted by Gasteiger charge is -2.23. The first kappa shape index (κ1) is 19.7. The molecule has 0 saturated carbocycles. The van der Waals surface area contributed by atoms with Crippen LogP contribution in [0, 0.1) is 11.6 Å². The van der Waals surface area contributed by atoms with E-state index in [-0.39, 0.29) is 6.54 Å². The molecule has 10 heteroatoms. The number of amides is 1. The molecule has 1 aromatic carbocycles. The van der Waals surface area contributed by atoms with Crippen LogP contribution in [0.15, 0.2) is 17.0 Å². The van der Waals surface area contributed by atoms with Crippen LogP contribution in [-0.4, -0.2) is 45.7 Å². The Kier molecular flexibility index (Phi) is 5.77. The van der Waals surface area contributed by atoms with E-state index in [0.29, 0.717) is 19.2 Å². The fraction of sp³-hybridized carbons (Fsp3) is 0.533. The van der Waals surface area contributed by atoms with Crippen LogP contribution >= 0.6 is 0 Å². The number of ether oxygens (including phenoxy) is 1. The monoisotopic (exact) mass is 377 g/mol. The molecule has 1 aliphatic rings. The van der Waals surface area contributed by atoms with E-state index < -0.39 is 49.8 Å². The summed E-state index contributed by atoms with van der Waals surface area (Å²) in [7, 11) is -4.24. The average molecular weight is 377 g/mol. The van der Waals surface area contributed by atoms with Gasteiger partial charge in [-0.2, -0.15) is 0 Å². The lowest BCUT2D eigenvalue weighted by molar-refractivity contribution is -0.128. The molecule has 3 N–H and O–H groups in total. The molecule has 25 heavy (non-hydrogen) atoms. The Hall–Kier alpha value is -1.62. The van der Waals surface area contributed by atoms with Gasteiger partial charge in [0, 0.05) is 24.7 Å². The third kappa shape index (κ3) is 5.18. The van der Waals surface area contributed by atoms with Gasteiger partial charge in [-0.3, -0.25) is 4.79 Å². The van der Waals surface area contributed by atoms with E-state index in [9.17, 15) is 22.0 Å². The number of anilines is 1. The van der Waals surface area contributed by atoms with Crippen LogP contribution in [-0.2, 0) is 19.6 Å². The fourth-order valence-corrected chi connectivity index (χ4v) is 3.74. The number of rotatable bonds is 4. The first-order valence-electron chi connectivity index (χ1n) is 7.66. The van der Waals surface area contributed by atoms with Crippen LogP contribution in [0.2, 0.25) is 0 Å². The third-order valence-electron chi connectivity index (χ3n) is 3.23. The Bertz CT molecular complexity index is 757. The molecule has 1 unspecified atom stereocenters. The quantitative estimate of drug-likeness (QED) is 0.727. The topological polar surface area (TPSA) is 96.5 Å². The van der Waals surface area contributed by atoms with Crippen molar-refractivity contribution in [3.63, 3.8) is 0 Å². The van der Waals surface area contributed by atoms with Crippen molar-refractivity contribution in [3.05, 3.63) is 23.8 Å². The van der Waals surface area contributed by atoms with E-state index >= 15 is 0 Å². The van der Waals surface area contributed by atoms with E-state index in [1.165, 1.54) is 0 Å². The van der Waals surface area contributed by atoms with Gasteiger partial charge in [0.15, 0.2) is 0 Å². The second kappa shape index (κ2) is 7.32. The summed E-state index contributed by atoms with van der Waals surface area (Å²) in [6.45, 7) is 5.91. The maximum atomic E-state index is 14.0. The van der Waals surface area contributed by atoms with E-state index in [1.54, 1.807) is 20.8 Å². The van der Waals surface area contributed by atoms with Crippen molar-refractivity contribution in [3.8, 4) is 0 Å². The van der Waals surface area contributed by atoms with Crippen molar-refractivity contribution in [1.29, 1.82) is 0 Å². The zero-order chi connectivity index (χ0) is 18.8. The molecule has 0 aromatic heterocycles. The number of carbonyl (C=O) groups excluding carboxylic acids is 1.